The van der Waals surface area contributed by atoms with Gasteiger partial charge < -0.3 is 20.6 Å². The lowest BCUT2D eigenvalue weighted by Gasteiger charge is -2.13. The van der Waals surface area contributed by atoms with E-state index >= 15 is 0 Å². The summed E-state index contributed by atoms with van der Waals surface area (Å²) in [5.41, 5.74) is 1.54. The van der Waals surface area contributed by atoms with E-state index in [0.29, 0.717) is 5.69 Å². The van der Waals surface area contributed by atoms with E-state index in [1.54, 1.807) is 12.1 Å². The Kier molecular flexibility index (Phi) is 5.32. The number of amides is 2. The summed E-state index contributed by atoms with van der Waals surface area (Å²) in [6.45, 7) is 1.57. The highest BCUT2D eigenvalue weighted by atomic mass is 16.3. The van der Waals surface area contributed by atoms with E-state index in [-0.39, 0.29) is 6.54 Å². The van der Waals surface area contributed by atoms with Gasteiger partial charge in [-0.3, -0.25) is 9.59 Å². The first kappa shape index (κ1) is 15.0. The van der Waals surface area contributed by atoms with Crippen molar-refractivity contribution in [3.05, 3.63) is 24.3 Å². The maximum atomic E-state index is 11.5. The molecule has 3 N–H and O–H groups in total. The van der Waals surface area contributed by atoms with Crippen LogP contribution < -0.4 is 15.5 Å². The Morgan fingerprint density at radius 1 is 1.21 bits per heavy atom. The van der Waals surface area contributed by atoms with Crippen molar-refractivity contribution in [2.24, 2.45) is 0 Å². The fourth-order valence-corrected chi connectivity index (χ4v) is 1.35. The number of anilines is 2. The average Bonchev–Trinajstić information content (AvgIpc) is 2.36. The standard InChI is InChI=1S/C13H19N3O3/c1-9(17)8-14-12(18)13(19)15-10-4-6-11(7-5-10)16(2)3/h4-7,9,17H,8H2,1-3H3,(H,14,18)(H,15,19). The van der Waals surface area contributed by atoms with E-state index in [0.717, 1.165) is 5.69 Å². The third kappa shape index (κ3) is 4.97. The van der Waals surface area contributed by atoms with Crippen LogP contribution in [0.5, 0.6) is 0 Å². The van der Waals surface area contributed by atoms with Gasteiger partial charge in [0.25, 0.3) is 0 Å². The molecule has 1 unspecified atom stereocenters. The molecular weight excluding hydrogens is 246 g/mol. The molecule has 2 amide bonds. The molecule has 19 heavy (non-hydrogen) atoms. The van der Waals surface area contributed by atoms with Crippen molar-refractivity contribution in [1.29, 1.82) is 0 Å². The molecule has 0 radical (unpaired) electrons. The van der Waals surface area contributed by atoms with E-state index in [4.69, 9.17) is 5.11 Å². The van der Waals surface area contributed by atoms with Crippen LogP contribution in [0.1, 0.15) is 6.92 Å². The van der Waals surface area contributed by atoms with Crippen molar-refractivity contribution in [1.82, 2.24) is 5.32 Å². The number of rotatable bonds is 4. The van der Waals surface area contributed by atoms with Crippen molar-refractivity contribution >= 4 is 23.2 Å². The van der Waals surface area contributed by atoms with Crippen molar-refractivity contribution in [2.75, 3.05) is 30.9 Å². The minimum absolute atomic E-state index is 0.0474. The largest absolute Gasteiger partial charge is 0.392 e. The summed E-state index contributed by atoms with van der Waals surface area (Å²) in [5.74, 6) is -1.52. The van der Waals surface area contributed by atoms with E-state index < -0.39 is 17.9 Å². The topological polar surface area (TPSA) is 81.7 Å². The number of aliphatic hydroxyl groups excluding tert-OH is 1. The summed E-state index contributed by atoms with van der Waals surface area (Å²) in [6, 6.07) is 7.11. The minimum atomic E-state index is -0.766. The fraction of sp³-hybridized carbons (Fsp3) is 0.385. The molecule has 6 nitrogen and oxygen atoms in total. The average molecular weight is 265 g/mol. The third-order valence-electron chi connectivity index (χ3n) is 2.41. The Morgan fingerprint density at radius 2 is 1.79 bits per heavy atom. The molecule has 1 rings (SSSR count). The second-order valence-electron chi connectivity index (χ2n) is 4.45. The van der Waals surface area contributed by atoms with Gasteiger partial charge in [0.1, 0.15) is 0 Å². The SMILES string of the molecule is CC(O)CNC(=O)C(=O)Nc1ccc(N(C)C)cc1. The maximum absolute atomic E-state index is 11.5. The van der Waals surface area contributed by atoms with Gasteiger partial charge in [0, 0.05) is 32.0 Å². The van der Waals surface area contributed by atoms with Gasteiger partial charge in [-0.2, -0.15) is 0 Å². The van der Waals surface area contributed by atoms with Crippen LogP contribution in [0.15, 0.2) is 24.3 Å². The van der Waals surface area contributed by atoms with Crippen LogP contribution in [0.4, 0.5) is 11.4 Å². The van der Waals surface area contributed by atoms with Crippen molar-refractivity contribution in [2.45, 2.75) is 13.0 Å². The van der Waals surface area contributed by atoms with E-state index in [1.165, 1.54) is 6.92 Å². The van der Waals surface area contributed by atoms with Crippen molar-refractivity contribution < 1.29 is 14.7 Å². The van der Waals surface area contributed by atoms with Crippen molar-refractivity contribution in [3.8, 4) is 0 Å². The Balaban J connectivity index is 2.54. The molecule has 0 aromatic heterocycles. The lowest BCUT2D eigenvalue weighted by molar-refractivity contribution is -0.136. The van der Waals surface area contributed by atoms with E-state index in [2.05, 4.69) is 10.6 Å². The van der Waals surface area contributed by atoms with Crippen LogP contribution in [0.2, 0.25) is 0 Å². The Hall–Kier alpha value is -2.08. The molecule has 1 atom stereocenters. The zero-order chi connectivity index (χ0) is 14.4. The lowest BCUT2D eigenvalue weighted by atomic mass is 10.2. The number of nitrogens with one attached hydrogen (secondary N) is 2. The molecular formula is C13H19N3O3. The molecule has 0 bridgehead atoms. The Morgan fingerprint density at radius 3 is 2.26 bits per heavy atom. The van der Waals surface area contributed by atoms with Crippen LogP contribution >= 0.6 is 0 Å². The summed E-state index contributed by atoms with van der Waals surface area (Å²) in [5, 5.41) is 13.8. The van der Waals surface area contributed by atoms with Crippen LogP contribution in [0.25, 0.3) is 0 Å². The van der Waals surface area contributed by atoms with Crippen molar-refractivity contribution in [3.63, 3.8) is 0 Å². The molecule has 0 aliphatic carbocycles. The minimum Gasteiger partial charge on any atom is -0.392 e. The molecule has 0 saturated carbocycles. The van der Waals surface area contributed by atoms with Gasteiger partial charge in [-0.25, -0.2) is 0 Å². The highest BCUT2D eigenvalue weighted by Crippen LogP contribution is 2.15. The van der Waals surface area contributed by atoms with E-state index in [1.807, 2.05) is 31.1 Å². The number of hydrogen-bond donors (Lipinski definition) is 3. The molecule has 0 spiro atoms. The van der Waals surface area contributed by atoms with Gasteiger partial charge in [-0.1, -0.05) is 0 Å². The number of carbonyl (C=O) groups is 2. The summed E-state index contributed by atoms with van der Waals surface area (Å²) in [4.78, 5) is 24.8. The van der Waals surface area contributed by atoms with Gasteiger partial charge in [0.05, 0.1) is 6.10 Å². The van der Waals surface area contributed by atoms with Gasteiger partial charge in [-0.05, 0) is 31.2 Å². The predicted molar refractivity (Wildman–Crippen MR) is 74.1 cm³/mol. The number of carbonyl (C=O) groups excluding carboxylic acids is 2. The first-order chi connectivity index (χ1) is 8.90. The summed E-state index contributed by atoms with van der Waals surface area (Å²) >= 11 is 0. The lowest BCUT2D eigenvalue weighted by Crippen LogP contribution is -2.38. The zero-order valence-corrected chi connectivity index (χ0v) is 11.3. The second-order valence-corrected chi connectivity index (χ2v) is 4.45. The molecule has 0 heterocycles. The first-order valence-corrected chi connectivity index (χ1v) is 5.95. The quantitative estimate of drug-likeness (QED) is 0.679. The molecule has 1 aromatic carbocycles. The van der Waals surface area contributed by atoms with Crippen LogP contribution in [0, 0.1) is 0 Å². The van der Waals surface area contributed by atoms with Crippen LogP contribution in [-0.2, 0) is 9.59 Å². The monoisotopic (exact) mass is 265 g/mol. The smallest absolute Gasteiger partial charge is 0.313 e. The number of benzene rings is 1. The fourth-order valence-electron chi connectivity index (χ4n) is 1.35. The molecule has 0 fully saturated rings. The molecule has 1 aromatic rings. The van der Waals surface area contributed by atoms with E-state index in [9.17, 15) is 9.59 Å². The Labute approximate surface area is 112 Å². The van der Waals surface area contributed by atoms with Crippen LogP contribution in [-0.4, -0.2) is 43.7 Å². The third-order valence-corrected chi connectivity index (χ3v) is 2.41. The van der Waals surface area contributed by atoms with Gasteiger partial charge in [0.2, 0.25) is 0 Å². The van der Waals surface area contributed by atoms with Gasteiger partial charge >= 0.3 is 11.8 Å². The number of aliphatic hydroxyl groups is 1. The normalized spacial score (nSPS) is 11.6. The maximum Gasteiger partial charge on any atom is 0.313 e. The summed E-state index contributed by atoms with van der Waals surface area (Å²) in [7, 11) is 3.83. The predicted octanol–water partition coefficient (Wildman–Crippen LogP) is 0.188. The summed E-state index contributed by atoms with van der Waals surface area (Å²) in [6.07, 6.45) is -0.684. The van der Waals surface area contributed by atoms with Gasteiger partial charge in [-0.15, -0.1) is 0 Å². The molecule has 104 valence electrons. The highest BCUT2D eigenvalue weighted by molar-refractivity contribution is 6.39. The summed E-state index contributed by atoms with van der Waals surface area (Å²) < 4.78 is 0. The Bertz CT molecular complexity index is 441. The highest BCUT2D eigenvalue weighted by Gasteiger charge is 2.13. The zero-order valence-electron chi connectivity index (χ0n) is 11.3. The molecule has 0 aliphatic rings. The first-order valence-electron chi connectivity index (χ1n) is 5.95. The molecule has 0 aliphatic heterocycles. The molecule has 6 heteroatoms. The number of hydrogen-bond acceptors (Lipinski definition) is 4. The number of nitrogens with zero attached hydrogens (tertiary/aromatic N) is 1. The molecule has 0 saturated heterocycles. The second kappa shape index (κ2) is 6.75. The van der Waals surface area contributed by atoms with Gasteiger partial charge in [0.15, 0.2) is 0 Å². The van der Waals surface area contributed by atoms with Crippen LogP contribution in [0.3, 0.4) is 0 Å².